The summed E-state index contributed by atoms with van der Waals surface area (Å²) in [4.78, 5) is 33.0. The lowest BCUT2D eigenvalue weighted by Gasteiger charge is -2.15. The fourth-order valence-corrected chi connectivity index (χ4v) is 1.59. The van der Waals surface area contributed by atoms with E-state index in [0.29, 0.717) is 12.2 Å². The summed E-state index contributed by atoms with van der Waals surface area (Å²) < 4.78 is 4.56. The number of carboxylic acid groups (broad SMARTS) is 1. The summed E-state index contributed by atoms with van der Waals surface area (Å²) in [6.07, 6.45) is 1.97. The van der Waals surface area contributed by atoms with Crippen molar-refractivity contribution in [2.24, 2.45) is 0 Å². The zero-order chi connectivity index (χ0) is 13.3. The molecule has 0 aliphatic carbocycles. The first-order valence-corrected chi connectivity index (χ1v) is 6.48. The molecule has 0 bridgehead atoms. The summed E-state index contributed by atoms with van der Waals surface area (Å²) in [6, 6.07) is -0.700. The first-order chi connectivity index (χ1) is 8.01. The maximum Gasteiger partial charge on any atom is 0.328 e. The lowest BCUT2D eigenvalue weighted by Crippen LogP contribution is -2.42. The molecule has 2 N–H and O–H groups in total. The second-order valence-corrected chi connectivity index (χ2v) is 4.30. The number of methoxy groups -OCH3 is 1. The van der Waals surface area contributed by atoms with Crippen LogP contribution in [0.5, 0.6) is 0 Å². The number of amides is 1. The lowest BCUT2D eigenvalue weighted by atomic mass is 10.2. The highest BCUT2D eigenvalue weighted by Gasteiger charge is 2.20. The number of hydrogen-bond acceptors (Lipinski definition) is 5. The third kappa shape index (κ3) is 7.62. The highest BCUT2D eigenvalue weighted by molar-refractivity contribution is 7.98. The van der Waals surface area contributed by atoms with Crippen molar-refractivity contribution in [2.45, 2.75) is 25.3 Å². The Balaban J connectivity index is 4.17. The van der Waals surface area contributed by atoms with Gasteiger partial charge in [-0.05, 0) is 18.4 Å². The van der Waals surface area contributed by atoms with Crippen LogP contribution in [0.2, 0.25) is 0 Å². The van der Waals surface area contributed by atoms with E-state index in [4.69, 9.17) is 5.11 Å². The minimum Gasteiger partial charge on any atom is -0.481 e. The van der Waals surface area contributed by atoms with Crippen LogP contribution >= 0.6 is 11.8 Å². The van der Waals surface area contributed by atoms with Crippen LogP contribution in [-0.2, 0) is 19.1 Å². The molecule has 1 atom stereocenters. The average molecular weight is 263 g/mol. The number of carboxylic acids is 1. The summed E-state index contributed by atoms with van der Waals surface area (Å²) in [5.41, 5.74) is 0. The lowest BCUT2D eigenvalue weighted by molar-refractivity contribution is -0.145. The number of ether oxygens (including phenoxy) is 1. The molecule has 0 saturated carbocycles. The fraction of sp³-hybridized carbons (Fsp3) is 0.700. The number of esters is 1. The molecule has 0 fully saturated rings. The molecular formula is C10H17NO5S. The van der Waals surface area contributed by atoms with Gasteiger partial charge in [0.2, 0.25) is 5.91 Å². The van der Waals surface area contributed by atoms with Gasteiger partial charge in [-0.2, -0.15) is 11.8 Å². The smallest absolute Gasteiger partial charge is 0.328 e. The number of nitrogens with one attached hydrogen (secondary N) is 1. The maximum absolute atomic E-state index is 11.4. The van der Waals surface area contributed by atoms with Crippen molar-refractivity contribution in [1.82, 2.24) is 5.32 Å². The molecule has 1 unspecified atom stereocenters. The van der Waals surface area contributed by atoms with E-state index in [2.05, 4.69) is 10.1 Å². The van der Waals surface area contributed by atoms with E-state index in [9.17, 15) is 14.4 Å². The van der Waals surface area contributed by atoms with Crippen molar-refractivity contribution in [2.75, 3.05) is 19.1 Å². The second-order valence-electron chi connectivity index (χ2n) is 3.32. The van der Waals surface area contributed by atoms with E-state index in [1.165, 1.54) is 7.11 Å². The number of rotatable bonds is 8. The van der Waals surface area contributed by atoms with Crippen LogP contribution in [-0.4, -0.2) is 48.1 Å². The quantitative estimate of drug-likeness (QED) is 0.610. The third-order valence-corrected chi connectivity index (χ3v) is 2.64. The van der Waals surface area contributed by atoms with Crippen LogP contribution in [0.3, 0.4) is 0 Å². The van der Waals surface area contributed by atoms with Crippen molar-refractivity contribution in [3.05, 3.63) is 0 Å². The Kier molecular flexibility index (Phi) is 8.21. The highest BCUT2D eigenvalue weighted by Crippen LogP contribution is 2.03. The Bertz CT molecular complexity index is 282. The summed E-state index contributed by atoms with van der Waals surface area (Å²) in [6.45, 7) is 0. The predicted octanol–water partition coefficient (Wildman–Crippen LogP) is 0.262. The Morgan fingerprint density at radius 1 is 1.35 bits per heavy atom. The van der Waals surface area contributed by atoms with Crippen molar-refractivity contribution in [3.63, 3.8) is 0 Å². The maximum atomic E-state index is 11.4. The first kappa shape index (κ1) is 15.8. The molecule has 98 valence electrons. The molecule has 0 aromatic carbocycles. The van der Waals surface area contributed by atoms with Gasteiger partial charge in [0, 0.05) is 6.42 Å². The van der Waals surface area contributed by atoms with Gasteiger partial charge in [-0.15, -0.1) is 0 Å². The minimum atomic E-state index is -1.04. The van der Waals surface area contributed by atoms with Gasteiger partial charge in [-0.1, -0.05) is 0 Å². The standard InChI is InChI=1S/C10H17NO5S/c1-16-10(15)7(5-6-17-2)11-8(12)3-4-9(13)14/h7H,3-6H2,1-2H3,(H,11,12)(H,13,14). The molecule has 0 saturated heterocycles. The monoisotopic (exact) mass is 263 g/mol. The number of carbonyl (C=O) groups excluding carboxylic acids is 2. The van der Waals surface area contributed by atoms with Gasteiger partial charge in [0.15, 0.2) is 0 Å². The van der Waals surface area contributed by atoms with Gasteiger partial charge in [0.1, 0.15) is 6.04 Å². The van der Waals surface area contributed by atoms with E-state index in [0.717, 1.165) is 0 Å². The molecule has 1 amide bonds. The second kappa shape index (κ2) is 8.86. The number of carbonyl (C=O) groups is 3. The molecule has 0 aromatic heterocycles. The minimum absolute atomic E-state index is 0.137. The van der Waals surface area contributed by atoms with E-state index >= 15 is 0 Å². The van der Waals surface area contributed by atoms with E-state index < -0.39 is 23.9 Å². The zero-order valence-electron chi connectivity index (χ0n) is 9.89. The third-order valence-electron chi connectivity index (χ3n) is 2.00. The molecule has 0 radical (unpaired) electrons. The SMILES string of the molecule is COC(=O)C(CCSC)NC(=O)CCC(=O)O. The van der Waals surface area contributed by atoms with Crippen LogP contribution < -0.4 is 5.32 Å². The Hall–Kier alpha value is -1.24. The van der Waals surface area contributed by atoms with Gasteiger partial charge in [0.05, 0.1) is 13.5 Å². The number of thioether (sulfide) groups is 1. The molecule has 0 aromatic rings. The Labute approximate surface area is 104 Å². The van der Waals surface area contributed by atoms with Gasteiger partial charge in [0.25, 0.3) is 0 Å². The van der Waals surface area contributed by atoms with Gasteiger partial charge >= 0.3 is 11.9 Å². The molecule has 0 rings (SSSR count). The van der Waals surface area contributed by atoms with Crippen LogP contribution in [0.15, 0.2) is 0 Å². The van der Waals surface area contributed by atoms with Crippen molar-refractivity contribution < 1.29 is 24.2 Å². The Morgan fingerprint density at radius 2 is 2.00 bits per heavy atom. The fourth-order valence-electron chi connectivity index (χ4n) is 1.11. The van der Waals surface area contributed by atoms with Gasteiger partial charge in [-0.25, -0.2) is 4.79 Å². The predicted molar refractivity (Wildman–Crippen MR) is 63.8 cm³/mol. The summed E-state index contributed by atoms with van der Waals surface area (Å²) in [5, 5.41) is 10.9. The normalized spacial score (nSPS) is 11.6. The zero-order valence-corrected chi connectivity index (χ0v) is 10.7. The van der Waals surface area contributed by atoms with Crippen molar-refractivity contribution in [1.29, 1.82) is 0 Å². The number of hydrogen-bond donors (Lipinski definition) is 2. The number of aliphatic carboxylic acids is 1. The van der Waals surface area contributed by atoms with Crippen LogP contribution in [0, 0.1) is 0 Å². The summed E-state index contributed by atoms with van der Waals surface area (Å²) in [7, 11) is 1.25. The molecule has 17 heavy (non-hydrogen) atoms. The highest BCUT2D eigenvalue weighted by atomic mass is 32.2. The average Bonchev–Trinajstić information content (AvgIpc) is 2.30. The van der Waals surface area contributed by atoms with Crippen LogP contribution in [0.4, 0.5) is 0 Å². The molecule has 0 heterocycles. The molecule has 7 heteroatoms. The van der Waals surface area contributed by atoms with E-state index in [1.54, 1.807) is 11.8 Å². The molecule has 0 spiro atoms. The first-order valence-electron chi connectivity index (χ1n) is 5.09. The van der Waals surface area contributed by atoms with Crippen molar-refractivity contribution in [3.8, 4) is 0 Å². The largest absolute Gasteiger partial charge is 0.481 e. The molecule has 6 nitrogen and oxygen atoms in total. The van der Waals surface area contributed by atoms with Crippen LogP contribution in [0.25, 0.3) is 0 Å². The van der Waals surface area contributed by atoms with Crippen LogP contribution in [0.1, 0.15) is 19.3 Å². The van der Waals surface area contributed by atoms with E-state index in [-0.39, 0.29) is 12.8 Å². The topological polar surface area (TPSA) is 92.7 Å². The van der Waals surface area contributed by atoms with Crippen molar-refractivity contribution >= 4 is 29.6 Å². The molecular weight excluding hydrogens is 246 g/mol. The Morgan fingerprint density at radius 3 is 2.47 bits per heavy atom. The summed E-state index contributed by atoms with van der Waals surface area (Å²) >= 11 is 1.55. The summed E-state index contributed by atoms with van der Waals surface area (Å²) in [5.74, 6) is -1.30. The molecule has 0 aliphatic rings. The van der Waals surface area contributed by atoms with Gasteiger partial charge in [-0.3, -0.25) is 9.59 Å². The van der Waals surface area contributed by atoms with Gasteiger partial charge < -0.3 is 15.2 Å². The van der Waals surface area contributed by atoms with E-state index in [1.807, 2.05) is 6.26 Å². The molecule has 0 aliphatic heterocycles.